The molecule has 0 aromatic heterocycles. The van der Waals surface area contributed by atoms with E-state index in [1.165, 1.54) is 0 Å². The van der Waals surface area contributed by atoms with Crippen LogP contribution in [0.25, 0.3) is 0 Å². The van der Waals surface area contributed by atoms with E-state index in [0.29, 0.717) is 12.7 Å². The van der Waals surface area contributed by atoms with Crippen LogP contribution >= 0.6 is 0 Å². The maximum absolute atomic E-state index is 5.50. The van der Waals surface area contributed by atoms with Crippen LogP contribution in [0.5, 0.6) is 0 Å². The predicted molar refractivity (Wildman–Crippen MR) is 39.8 cm³/mol. The van der Waals surface area contributed by atoms with Crippen LogP contribution in [0, 0.1) is 5.92 Å². The van der Waals surface area contributed by atoms with E-state index in [1.54, 1.807) is 0 Å². The van der Waals surface area contributed by atoms with Gasteiger partial charge in [0, 0.05) is 0 Å². The Morgan fingerprint density at radius 3 is 2.40 bits per heavy atom. The fourth-order valence-corrected chi connectivity index (χ4v) is 1.04. The average Bonchev–Trinajstić information content (AvgIpc) is 1.89. The summed E-state index contributed by atoms with van der Waals surface area (Å²) in [5.41, 5.74) is 0.0538. The Morgan fingerprint density at radius 2 is 2.10 bits per heavy atom. The predicted octanol–water partition coefficient (Wildman–Crippen LogP) is 1.80. The highest BCUT2D eigenvalue weighted by molar-refractivity contribution is 4.79. The quantitative estimate of drug-likeness (QED) is 0.558. The summed E-state index contributed by atoms with van der Waals surface area (Å²) in [6.07, 6.45) is 1.02. The van der Waals surface area contributed by atoms with Gasteiger partial charge in [-0.3, -0.25) is 0 Å². The van der Waals surface area contributed by atoms with Gasteiger partial charge >= 0.3 is 0 Å². The second kappa shape index (κ2) is 2.89. The van der Waals surface area contributed by atoms with E-state index in [9.17, 15) is 0 Å². The first-order chi connectivity index (χ1) is 4.65. The Kier molecular flexibility index (Phi) is 2.32. The van der Waals surface area contributed by atoms with Crippen molar-refractivity contribution >= 4 is 0 Å². The fraction of sp³-hybridized carbons (Fsp3) is 1.00. The topological polar surface area (TPSA) is 18.5 Å². The molecule has 0 aromatic rings. The Labute approximate surface area is 62.5 Å². The molecule has 1 heterocycles. The molecule has 1 aliphatic heterocycles. The number of hydrogen-bond donors (Lipinski definition) is 0. The van der Waals surface area contributed by atoms with Crippen LogP contribution < -0.4 is 0 Å². The van der Waals surface area contributed by atoms with Crippen LogP contribution in [0.1, 0.15) is 27.2 Å². The minimum Gasteiger partial charge on any atom is -0.355 e. The van der Waals surface area contributed by atoms with Gasteiger partial charge in [0.15, 0.2) is 0 Å². The molecular formula is C8H16O2. The van der Waals surface area contributed by atoms with E-state index < -0.39 is 0 Å². The molecule has 0 aromatic carbocycles. The molecule has 1 atom stereocenters. The first kappa shape index (κ1) is 8.02. The molecule has 0 radical (unpaired) electrons. The lowest BCUT2D eigenvalue weighted by Crippen LogP contribution is -2.40. The van der Waals surface area contributed by atoms with Crippen molar-refractivity contribution in [3.63, 3.8) is 0 Å². The van der Waals surface area contributed by atoms with Crippen molar-refractivity contribution in [1.29, 1.82) is 0 Å². The molecule has 60 valence electrons. The second-order valence-corrected chi connectivity index (χ2v) is 3.39. The monoisotopic (exact) mass is 144 g/mol. The smallest absolute Gasteiger partial charge is 0.147 e. The summed E-state index contributed by atoms with van der Waals surface area (Å²) in [6.45, 7) is 7.83. The van der Waals surface area contributed by atoms with Crippen molar-refractivity contribution < 1.29 is 9.47 Å². The van der Waals surface area contributed by atoms with Crippen molar-refractivity contribution in [3.8, 4) is 0 Å². The third-order valence-electron chi connectivity index (χ3n) is 2.44. The van der Waals surface area contributed by atoms with Crippen LogP contribution in [-0.4, -0.2) is 19.0 Å². The Bertz CT molecular complexity index is 104. The van der Waals surface area contributed by atoms with Crippen molar-refractivity contribution in [3.05, 3.63) is 0 Å². The Balaban J connectivity index is 2.48. The number of hydrogen-bond acceptors (Lipinski definition) is 2. The molecule has 1 rings (SSSR count). The van der Waals surface area contributed by atoms with Crippen LogP contribution in [0.15, 0.2) is 0 Å². The van der Waals surface area contributed by atoms with Gasteiger partial charge in [0.1, 0.15) is 6.79 Å². The van der Waals surface area contributed by atoms with Gasteiger partial charge in [-0.2, -0.15) is 0 Å². The third-order valence-corrected chi connectivity index (χ3v) is 2.44. The molecule has 1 unspecified atom stereocenters. The lowest BCUT2D eigenvalue weighted by Gasteiger charge is -2.37. The summed E-state index contributed by atoms with van der Waals surface area (Å²) in [7, 11) is 0. The van der Waals surface area contributed by atoms with Crippen molar-refractivity contribution in [2.24, 2.45) is 5.92 Å². The van der Waals surface area contributed by atoms with Crippen molar-refractivity contribution in [2.75, 3.05) is 13.4 Å². The van der Waals surface area contributed by atoms with Gasteiger partial charge < -0.3 is 9.47 Å². The highest BCUT2D eigenvalue weighted by Gasteiger charge is 2.31. The van der Waals surface area contributed by atoms with Gasteiger partial charge in [-0.15, -0.1) is 0 Å². The molecule has 1 fully saturated rings. The highest BCUT2D eigenvalue weighted by atomic mass is 16.7. The van der Waals surface area contributed by atoms with Crippen LogP contribution in [0.3, 0.4) is 0 Å². The van der Waals surface area contributed by atoms with Crippen molar-refractivity contribution in [2.45, 2.75) is 32.8 Å². The van der Waals surface area contributed by atoms with Gasteiger partial charge in [-0.05, 0) is 19.3 Å². The lowest BCUT2D eigenvalue weighted by atomic mass is 9.89. The molecule has 1 saturated heterocycles. The third kappa shape index (κ3) is 1.50. The van der Waals surface area contributed by atoms with Crippen molar-refractivity contribution in [1.82, 2.24) is 0 Å². The summed E-state index contributed by atoms with van der Waals surface area (Å²) < 4.78 is 10.6. The van der Waals surface area contributed by atoms with Gasteiger partial charge in [0.25, 0.3) is 0 Å². The van der Waals surface area contributed by atoms with Gasteiger partial charge in [-0.25, -0.2) is 0 Å². The molecule has 0 amide bonds. The minimum atomic E-state index is 0.0538. The maximum atomic E-state index is 5.50. The van der Waals surface area contributed by atoms with Gasteiger partial charge in [0.05, 0.1) is 12.2 Å². The summed E-state index contributed by atoms with van der Waals surface area (Å²) in [6, 6.07) is 0. The standard InChI is InChI=1S/C8H16O2/c1-7(2)8(3)4-5-9-6-10-8/h7H,4-6H2,1-3H3. The normalized spacial score (nSPS) is 34.8. The zero-order valence-electron chi connectivity index (χ0n) is 7.02. The Hall–Kier alpha value is -0.0800. The molecule has 0 bridgehead atoms. The molecule has 2 heteroatoms. The molecule has 2 nitrogen and oxygen atoms in total. The highest BCUT2D eigenvalue weighted by Crippen LogP contribution is 2.27. The second-order valence-electron chi connectivity index (χ2n) is 3.39. The summed E-state index contributed by atoms with van der Waals surface area (Å²) in [5, 5.41) is 0. The minimum absolute atomic E-state index is 0.0538. The zero-order chi connectivity index (χ0) is 7.61. The fourth-order valence-electron chi connectivity index (χ4n) is 1.04. The zero-order valence-corrected chi connectivity index (χ0v) is 7.02. The first-order valence-corrected chi connectivity index (χ1v) is 3.87. The van der Waals surface area contributed by atoms with E-state index >= 15 is 0 Å². The summed E-state index contributed by atoms with van der Waals surface area (Å²) >= 11 is 0. The maximum Gasteiger partial charge on any atom is 0.147 e. The van der Waals surface area contributed by atoms with E-state index in [1.807, 2.05) is 0 Å². The largest absolute Gasteiger partial charge is 0.355 e. The van der Waals surface area contributed by atoms with E-state index in [4.69, 9.17) is 9.47 Å². The first-order valence-electron chi connectivity index (χ1n) is 3.87. The average molecular weight is 144 g/mol. The molecule has 0 aliphatic carbocycles. The summed E-state index contributed by atoms with van der Waals surface area (Å²) in [5.74, 6) is 0.580. The van der Waals surface area contributed by atoms with Crippen LogP contribution in [0.4, 0.5) is 0 Å². The lowest BCUT2D eigenvalue weighted by molar-refractivity contribution is -0.202. The Morgan fingerprint density at radius 1 is 1.40 bits per heavy atom. The van der Waals surface area contributed by atoms with E-state index in [-0.39, 0.29) is 5.60 Å². The van der Waals surface area contributed by atoms with Gasteiger partial charge in [-0.1, -0.05) is 13.8 Å². The van der Waals surface area contributed by atoms with Crippen LogP contribution in [0.2, 0.25) is 0 Å². The molecule has 0 spiro atoms. The summed E-state index contributed by atoms with van der Waals surface area (Å²) in [4.78, 5) is 0. The molecule has 0 N–H and O–H groups in total. The van der Waals surface area contributed by atoms with Crippen LogP contribution in [-0.2, 0) is 9.47 Å². The van der Waals surface area contributed by atoms with E-state index in [0.717, 1.165) is 13.0 Å². The molecule has 10 heavy (non-hydrogen) atoms. The van der Waals surface area contributed by atoms with E-state index in [2.05, 4.69) is 20.8 Å². The molecular weight excluding hydrogens is 128 g/mol. The number of ether oxygens (including phenoxy) is 2. The number of rotatable bonds is 1. The molecule has 1 aliphatic rings. The van der Waals surface area contributed by atoms with Gasteiger partial charge in [0.2, 0.25) is 0 Å². The molecule has 0 saturated carbocycles. The SMILES string of the molecule is CC(C)C1(C)CCOCO1.